The van der Waals surface area contributed by atoms with Crippen molar-refractivity contribution in [2.75, 3.05) is 7.11 Å². The average Bonchev–Trinajstić information content (AvgIpc) is 2.90. The monoisotopic (exact) mass is 263 g/mol. The zero-order valence-electron chi connectivity index (χ0n) is 11.3. The molecule has 0 radical (unpaired) electrons. The van der Waals surface area contributed by atoms with Crippen molar-refractivity contribution in [2.24, 2.45) is 0 Å². The molecule has 4 heteroatoms. The van der Waals surface area contributed by atoms with E-state index < -0.39 is 0 Å². The van der Waals surface area contributed by atoms with Crippen molar-refractivity contribution in [3.05, 3.63) is 47.5 Å². The molecule has 98 valence electrons. The molecule has 0 fully saturated rings. The van der Waals surface area contributed by atoms with E-state index in [-0.39, 0.29) is 0 Å². The van der Waals surface area contributed by atoms with Crippen molar-refractivity contribution >= 4 is 11.0 Å². The van der Waals surface area contributed by atoms with Crippen molar-refractivity contribution in [3.63, 3.8) is 0 Å². The molecule has 0 amide bonds. The summed E-state index contributed by atoms with van der Waals surface area (Å²) in [5.74, 6) is 1.61. The second kappa shape index (κ2) is 4.71. The summed E-state index contributed by atoms with van der Waals surface area (Å²) in [4.78, 5) is 7.78. The van der Waals surface area contributed by atoms with Gasteiger partial charge in [0.25, 0.3) is 0 Å². The van der Waals surface area contributed by atoms with Crippen LogP contribution in [0.4, 0.5) is 0 Å². The molecule has 0 atom stereocenters. The number of benzene rings is 2. The standard InChI is InChI=1S/C16H13N3O/c1-10-3-5-12(8-15(10)20-2)16-18-13-6-4-11(9-17)7-14(13)19-16/h3-8H,1-2H3,(H,18,19). The predicted molar refractivity (Wildman–Crippen MR) is 77.5 cm³/mol. The van der Waals surface area contributed by atoms with Crippen molar-refractivity contribution in [3.8, 4) is 23.2 Å². The van der Waals surface area contributed by atoms with Crippen LogP contribution >= 0.6 is 0 Å². The van der Waals surface area contributed by atoms with Crippen LogP contribution in [0.1, 0.15) is 11.1 Å². The first-order valence-electron chi connectivity index (χ1n) is 6.26. The molecule has 0 bridgehead atoms. The molecule has 0 unspecified atom stereocenters. The number of nitrogens with one attached hydrogen (secondary N) is 1. The van der Waals surface area contributed by atoms with E-state index in [1.807, 2.05) is 31.2 Å². The Balaban J connectivity index is 2.12. The Kier molecular flexibility index (Phi) is 2.88. The van der Waals surface area contributed by atoms with Gasteiger partial charge in [-0.15, -0.1) is 0 Å². The molecule has 1 aromatic heterocycles. The summed E-state index contributed by atoms with van der Waals surface area (Å²) in [5.41, 5.74) is 4.37. The summed E-state index contributed by atoms with van der Waals surface area (Å²) in [5, 5.41) is 8.92. The van der Waals surface area contributed by atoms with Gasteiger partial charge in [-0.1, -0.05) is 12.1 Å². The lowest BCUT2D eigenvalue weighted by Crippen LogP contribution is -1.88. The first kappa shape index (κ1) is 12.2. The maximum atomic E-state index is 8.92. The summed E-state index contributed by atoms with van der Waals surface area (Å²) in [7, 11) is 1.66. The third kappa shape index (κ3) is 1.99. The average molecular weight is 263 g/mol. The smallest absolute Gasteiger partial charge is 0.138 e. The largest absolute Gasteiger partial charge is 0.496 e. The van der Waals surface area contributed by atoms with Gasteiger partial charge in [0, 0.05) is 5.56 Å². The van der Waals surface area contributed by atoms with Crippen LogP contribution in [0.3, 0.4) is 0 Å². The molecule has 0 saturated heterocycles. The van der Waals surface area contributed by atoms with Crippen molar-refractivity contribution in [1.29, 1.82) is 5.26 Å². The normalized spacial score (nSPS) is 10.4. The SMILES string of the molecule is COc1cc(-c2nc3ccc(C#N)cc3[nH]2)ccc1C. The molecule has 3 rings (SSSR count). The van der Waals surface area contributed by atoms with Crippen LogP contribution in [0.15, 0.2) is 36.4 Å². The lowest BCUT2D eigenvalue weighted by molar-refractivity contribution is 0.412. The number of ether oxygens (including phenoxy) is 1. The van der Waals surface area contributed by atoms with E-state index in [2.05, 4.69) is 16.0 Å². The van der Waals surface area contributed by atoms with Gasteiger partial charge in [0.2, 0.25) is 0 Å². The van der Waals surface area contributed by atoms with Gasteiger partial charge >= 0.3 is 0 Å². The number of imidazole rings is 1. The molecule has 1 N–H and O–H groups in total. The minimum Gasteiger partial charge on any atom is -0.496 e. The number of hydrogen-bond acceptors (Lipinski definition) is 3. The summed E-state index contributed by atoms with van der Waals surface area (Å²) in [6, 6.07) is 13.5. The minimum atomic E-state index is 0.620. The van der Waals surface area contributed by atoms with Gasteiger partial charge in [-0.05, 0) is 36.8 Å². The van der Waals surface area contributed by atoms with Crippen LogP contribution in [-0.4, -0.2) is 17.1 Å². The molecule has 1 heterocycles. The molecular formula is C16H13N3O. The van der Waals surface area contributed by atoms with Gasteiger partial charge in [-0.2, -0.15) is 5.26 Å². The molecule has 3 aromatic rings. The summed E-state index contributed by atoms with van der Waals surface area (Å²) >= 11 is 0. The highest BCUT2D eigenvalue weighted by atomic mass is 16.5. The highest BCUT2D eigenvalue weighted by Gasteiger charge is 2.08. The van der Waals surface area contributed by atoms with E-state index in [0.717, 1.165) is 33.7 Å². The van der Waals surface area contributed by atoms with Crippen LogP contribution in [-0.2, 0) is 0 Å². The highest BCUT2D eigenvalue weighted by Crippen LogP contribution is 2.26. The van der Waals surface area contributed by atoms with Crippen LogP contribution in [0.25, 0.3) is 22.4 Å². The van der Waals surface area contributed by atoms with Crippen molar-refractivity contribution < 1.29 is 4.74 Å². The number of nitrogens with zero attached hydrogens (tertiary/aromatic N) is 2. The van der Waals surface area contributed by atoms with Gasteiger partial charge < -0.3 is 9.72 Å². The van der Waals surface area contributed by atoms with Crippen LogP contribution in [0.5, 0.6) is 5.75 Å². The Labute approximate surface area is 116 Å². The van der Waals surface area contributed by atoms with Gasteiger partial charge in [0.05, 0.1) is 29.8 Å². The van der Waals surface area contributed by atoms with E-state index >= 15 is 0 Å². The molecule has 4 nitrogen and oxygen atoms in total. The molecule has 0 spiro atoms. The number of rotatable bonds is 2. The number of fused-ring (bicyclic) bond motifs is 1. The van der Waals surface area contributed by atoms with E-state index in [1.165, 1.54) is 0 Å². The number of nitriles is 1. The number of aromatic nitrogens is 2. The lowest BCUT2D eigenvalue weighted by atomic mass is 10.1. The Morgan fingerprint density at radius 1 is 1.20 bits per heavy atom. The fourth-order valence-electron chi connectivity index (χ4n) is 2.18. The fourth-order valence-corrected chi connectivity index (χ4v) is 2.18. The summed E-state index contributed by atoms with van der Waals surface area (Å²) < 4.78 is 5.33. The van der Waals surface area contributed by atoms with Gasteiger partial charge in [-0.3, -0.25) is 0 Å². The zero-order valence-corrected chi connectivity index (χ0v) is 11.3. The van der Waals surface area contributed by atoms with Gasteiger partial charge in [0.1, 0.15) is 11.6 Å². The molecule has 20 heavy (non-hydrogen) atoms. The zero-order chi connectivity index (χ0) is 14.1. The topological polar surface area (TPSA) is 61.7 Å². The number of aryl methyl sites for hydroxylation is 1. The number of methoxy groups -OCH3 is 1. The Morgan fingerprint density at radius 2 is 2.05 bits per heavy atom. The van der Waals surface area contributed by atoms with Crippen LogP contribution in [0.2, 0.25) is 0 Å². The van der Waals surface area contributed by atoms with Crippen molar-refractivity contribution in [2.45, 2.75) is 6.92 Å². The summed E-state index contributed by atoms with van der Waals surface area (Å²) in [6.45, 7) is 2.00. The Morgan fingerprint density at radius 3 is 2.80 bits per heavy atom. The predicted octanol–water partition coefficient (Wildman–Crippen LogP) is 3.42. The molecule has 2 aromatic carbocycles. The maximum Gasteiger partial charge on any atom is 0.138 e. The lowest BCUT2D eigenvalue weighted by Gasteiger charge is -2.05. The molecular weight excluding hydrogens is 250 g/mol. The molecule has 0 aliphatic carbocycles. The van der Waals surface area contributed by atoms with E-state index in [1.54, 1.807) is 19.2 Å². The van der Waals surface area contributed by atoms with E-state index in [0.29, 0.717) is 5.56 Å². The number of hydrogen-bond donors (Lipinski definition) is 1. The third-order valence-corrected chi connectivity index (χ3v) is 3.29. The second-order valence-corrected chi connectivity index (χ2v) is 4.61. The summed E-state index contributed by atoms with van der Waals surface area (Å²) in [6.07, 6.45) is 0. The second-order valence-electron chi connectivity index (χ2n) is 4.61. The van der Waals surface area contributed by atoms with E-state index in [9.17, 15) is 0 Å². The Hall–Kier alpha value is -2.80. The fraction of sp³-hybridized carbons (Fsp3) is 0.125. The van der Waals surface area contributed by atoms with Crippen molar-refractivity contribution in [1.82, 2.24) is 9.97 Å². The quantitative estimate of drug-likeness (QED) is 0.770. The first-order chi connectivity index (χ1) is 9.71. The van der Waals surface area contributed by atoms with Gasteiger partial charge in [0.15, 0.2) is 0 Å². The molecule has 0 aliphatic rings. The maximum absolute atomic E-state index is 8.92. The molecule has 0 saturated carbocycles. The van der Waals surface area contributed by atoms with Gasteiger partial charge in [-0.25, -0.2) is 4.98 Å². The molecule has 0 aliphatic heterocycles. The van der Waals surface area contributed by atoms with Crippen LogP contribution in [0, 0.1) is 18.3 Å². The van der Waals surface area contributed by atoms with E-state index in [4.69, 9.17) is 10.00 Å². The minimum absolute atomic E-state index is 0.620. The Bertz CT molecular complexity index is 827. The highest BCUT2D eigenvalue weighted by molar-refractivity contribution is 5.80. The first-order valence-corrected chi connectivity index (χ1v) is 6.26. The number of aromatic amines is 1. The third-order valence-electron chi connectivity index (χ3n) is 3.29. The van der Waals surface area contributed by atoms with Crippen LogP contribution < -0.4 is 4.74 Å². The number of H-pyrrole nitrogens is 1.